The van der Waals surface area contributed by atoms with Crippen molar-refractivity contribution in [2.45, 2.75) is 40.0 Å². The molecule has 0 atom stereocenters. The van der Waals surface area contributed by atoms with E-state index in [0.717, 1.165) is 0 Å². The van der Waals surface area contributed by atoms with Crippen molar-refractivity contribution in [3.8, 4) is 0 Å². The third kappa shape index (κ3) is 4.77. The van der Waals surface area contributed by atoms with Crippen molar-refractivity contribution in [2.75, 3.05) is 7.05 Å². The van der Waals surface area contributed by atoms with Crippen LogP contribution in [0.25, 0.3) is 0 Å². The van der Waals surface area contributed by atoms with Crippen molar-refractivity contribution in [2.24, 2.45) is 4.99 Å². The number of rotatable bonds is 4. The average Bonchev–Trinajstić information content (AvgIpc) is 2.00. The molecule has 1 nitrogen and oxygen atoms in total. The van der Waals surface area contributed by atoms with Crippen LogP contribution in [0.3, 0.4) is 0 Å². The zero-order valence-corrected chi connectivity index (χ0v) is 8.15. The van der Waals surface area contributed by atoms with E-state index in [1.54, 1.807) is 0 Å². The minimum absolute atomic E-state index is 1.22. The van der Waals surface area contributed by atoms with Gasteiger partial charge in [-0.1, -0.05) is 18.9 Å². The Morgan fingerprint density at radius 2 is 2.00 bits per heavy atom. The van der Waals surface area contributed by atoms with E-state index < -0.39 is 0 Å². The highest BCUT2D eigenvalue weighted by atomic mass is 14.6. The first kappa shape index (κ1) is 10.4. The Labute approximate surface area is 70.2 Å². The minimum atomic E-state index is 1.22. The third-order valence-electron chi connectivity index (χ3n) is 1.90. The van der Waals surface area contributed by atoms with Gasteiger partial charge in [0.25, 0.3) is 0 Å². The maximum atomic E-state index is 3.98. The summed E-state index contributed by atoms with van der Waals surface area (Å²) in [6, 6.07) is 0. The number of allylic oxidation sites excluding steroid dienone is 2. The maximum absolute atomic E-state index is 3.98. The highest BCUT2D eigenvalue weighted by Crippen LogP contribution is 2.09. The Bertz CT molecular complexity index is 154. The predicted octanol–water partition coefficient (Wildman–Crippen LogP) is 3.21. The zero-order chi connectivity index (χ0) is 8.69. The van der Waals surface area contributed by atoms with Gasteiger partial charge in [-0.15, -0.1) is 0 Å². The highest BCUT2D eigenvalue weighted by Gasteiger charge is 1.92. The molecule has 11 heavy (non-hydrogen) atoms. The van der Waals surface area contributed by atoms with Crippen LogP contribution in [0.4, 0.5) is 0 Å². The van der Waals surface area contributed by atoms with Crippen LogP contribution in [0, 0.1) is 0 Å². The number of hydrogen-bond acceptors (Lipinski definition) is 1. The van der Waals surface area contributed by atoms with Crippen LogP contribution in [-0.2, 0) is 0 Å². The van der Waals surface area contributed by atoms with Gasteiger partial charge in [0.2, 0.25) is 0 Å². The molecular weight excluding hydrogens is 134 g/mol. The number of nitrogens with zero attached hydrogens (tertiary/aromatic N) is 1. The van der Waals surface area contributed by atoms with Crippen LogP contribution < -0.4 is 0 Å². The van der Waals surface area contributed by atoms with Crippen LogP contribution in [0.5, 0.6) is 0 Å². The summed E-state index contributed by atoms with van der Waals surface area (Å²) in [7, 11) is 1.82. The summed E-state index contributed by atoms with van der Waals surface area (Å²) < 4.78 is 0. The molecule has 0 radical (unpaired) electrons. The SMILES string of the molecule is CCCC/C(C)=C(C)/C=N\C. The van der Waals surface area contributed by atoms with Crippen molar-refractivity contribution in [1.82, 2.24) is 0 Å². The quantitative estimate of drug-likeness (QED) is 0.550. The number of hydrogen-bond donors (Lipinski definition) is 0. The van der Waals surface area contributed by atoms with Crippen LogP contribution in [-0.4, -0.2) is 13.3 Å². The van der Waals surface area contributed by atoms with E-state index >= 15 is 0 Å². The Morgan fingerprint density at radius 1 is 1.36 bits per heavy atom. The first-order chi connectivity index (χ1) is 5.22. The second-order valence-electron chi connectivity index (χ2n) is 2.95. The molecule has 64 valence electrons. The zero-order valence-electron chi connectivity index (χ0n) is 8.15. The molecule has 1 heteroatoms. The largest absolute Gasteiger partial charge is 0.296 e. The summed E-state index contributed by atoms with van der Waals surface area (Å²) >= 11 is 0. The van der Waals surface area contributed by atoms with Crippen LogP contribution in [0.1, 0.15) is 40.0 Å². The van der Waals surface area contributed by atoms with E-state index in [4.69, 9.17) is 0 Å². The van der Waals surface area contributed by atoms with E-state index in [0.29, 0.717) is 0 Å². The van der Waals surface area contributed by atoms with Crippen molar-refractivity contribution >= 4 is 6.21 Å². The van der Waals surface area contributed by atoms with Gasteiger partial charge in [-0.3, -0.25) is 4.99 Å². The Morgan fingerprint density at radius 3 is 2.45 bits per heavy atom. The fraction of sp³-hybridized carbons (Fsp3) is 0.700. The molecule has 0 spiro atoms. The molecule has 0 bridgehead atoms. The van der Waals surface area contributed by atoms with Gasteiger partial charge in [-0.2, -0.15) is 0 Å². The van der Waals surface area contributed by atoms with E-state index in [2.05, 4.69) is 25.8 Å². The maximum Gasteiger partial charge on any atom is 0.0277 e. The van der Waals surface area contributed by atoms with E-state index in [1.165, 1.54) is 30.4 Å². The predicted molar refractivity (Wildman–Crippen MR) is 52.3 cm³/mol. The van der Waals surface area contributed by atoms with Gasteiger partial charge in [-0.25, -0.2) is 0 Å². The molecular formula is C10H19N. The van der Waals surface area contributed by atoms with Gasteiger partial charge < -0.3 is 0 Å². The second kappa shape index (κ2) is 6.14. The van der Waals surface area contributed by atoms with Crippen molar-refractivity contribution in [3.05, 3.63) is 11.1 Å². The average molecular weight is 153 g/mol. The van der Waals surface area contributed by atoms with E-state index in [-0.39, 0.29) is 0 Å². The molecule has 0 rings (SSSR count). The molecule has 0 saturated carbocycles. The van der Waals surface area contributed by atoms with Gasteiger partial charge in [0.05, 0.1) is 0 Å². The molecule has 0 amide bonds. The van der Waals surface area contributed by atoms with Crippen molar-refractivity contribution < 1.29 is 0 Å². The molecule has 0 heterocycles. The van der Waals surface area contributed by atoms with Crippen molar-refractivity contribution in [1.29, 1.82) is 0 Å². The van der Waals surface area contributed by atoms with E-state index in [1.807, 2.05) is 13.3 Å². The summed E-state index contributed by atoms with van der Waals surface area (Å²) in [6.07, 6.45) is 5.72. The second-order valence-corrected chi connectivity index (χ2v) is 2.95. The first-order valence-electron chi connectivity index (χ1n) is 4.30. The van der Waals surface area contributed by atoms with Crippen LogP contribution in [0.15, 0.2) is 16.1 Å². The van der Waals surface area contributed by atoms with Gasteiger partial charge in [-0.05, 0) is 32.3 Å². The summed E-state index contributed by atoms with van der Waals surface area (Å²) in [5.74, 6) is 0. The molecule has 0 aliphatic carbocycles. The topological polar surface area (TPSA) is 12.4 Å². The lowest BCUT2D eigenvalue weighted by atomic mass is 10.1. The lowest BCUT2D eigenvalue weighted by molar-refractivity contribution is 0.784. The van der Waals surface area contributed by atoms with Crippen LogP contribution >= 0.6 is 0 Å². The Kier molecular flexibility index (Phi) is 5.81. The molecule has 0 N–H and O–H groups in total. The Balaban J connectivity index is 3.94. The molecule has 0 aliphatic heterocycles. The standard InChI is InChI=1S/C10H19N/c1-5-6-7-9(2)10(3)8-11-4/h8H,5-7H2,1-4H3/b10-9+,11-8-. The number of unbranched alkanes of at least 4 members (excludes halogenated alkanes) is 1. The third-order valence-corrected chi connectivity index (χ3v) is 1.90. The summed E-state index contributed by atoms with van der Waals surface area (Å²) in [6.45, 7) is 6.53. The molecule has 0 aromatic rings. The number of aliphatic imine (C=N–C) groups is 1. The monoisotopic (exact) mass is 153 g/mol. The minimum Gasteiger partial charge on any atom is -0.296 e. The fourth-order valence-electron chi connectivity index (χ4n) is 0.943. The smallest absolute Gasteiger partial charge is 0.0277 e. The van der Waals surface area contributed by atoms with Crippen LogP contribution in [0.2, 0.25) is 0 Å². The molecule has 0 aromatic carbocycles. The van der Waals surface area contributed by atoms with Crippen molar-refractivity contribution in [3.63, 3.8) is 0 Å². The van der Waals surface area contributed by atoms with Gasteiger partial charge in [0, 0.05) is 13.3 Å². The van der Waals surface area contributed by atoms with E-state index in [9.17, 15) is 0 Å². The molecule has 0 fully saturated rings. The fourth-order valence-corrected chi connectivity index (χ4v) is 0.943. The molecule has 0 aliphatic rings. The normalized spacial score (nSPS) is 13.8. The first-order valence-corrected chi connectivity index (χ1v) is 4.30. The molecule has 0 aromatic heterocycles. The summed E-state index contributed by atoms with van der Waals surface area (Å²) in [5, 5.41) is 0. The lowest BCUT2D eigenvalue weighted by Crippen LogP contribution is -1.86. The van der Waals surface area contributed by atoms with Gasteiger partial charge >= 0.3 is 0 Å². The summed E-state index contributed by atoms with van der Waals surface area (Å²) in [5.41, 5.74) is 2.79. The Hall–Kier alpha value is -0.590. The highest BCUT2D eigenvalue weighted by molar-refractivity contribution is 5.78. The summed E-state index contributed by atoms with van der Waals surface area (Å²) in [4.78, 5) is 3.98. The molecule has 0 saturated heterocycles. The lowest BCUT2D eigenvalue weighted by Gasteiger charge is -2.01. The van der Waals surface area contributed by atoms with Gasteiger partial charge in [0.15, 0.2) is 0 Å². The molecule has 0 unspecified atom stereocenters. The van der Waals surface area contributed by atoms with Gasteiger partial charge in [0.1, 0.15) is 0 Å².